The highest BCUT2D eigenvalue weighted by Gasteiger charge is 2.42. The molecule has 0 radical (unpaired) electrons. The Morgan fingerprint density at radius 2 is 2.12 bits per heavy atom. The topological polar surface area (TPSA) is 88.7 Å². The number of amides is 3. The highest BCUT2D eigenvalue weighted by molar-refractivity contribution is 8.00. The predicted molar refractivity (Wildman–Crippen MR) is 97.4 cm³/mol. The molecule has 0 aromatic carbocycles. The van der Waals surface area contributed by atoms with E-state index in [0.29, 0.717) is 44.6 Å². The zero-order chi connectivity index (χ0) is 17.9. The molecular formula is C17H27N3O4S. The van der Waals surface area contributed by atoms with E-state index in [1.165, 1.54) is 0 Å². The van der Waals surface area contributed by atoms with Crippen LogP contribution in [0.25, 0.3) is 0 Å². The first kappa shape index (κ1) is 19.9. The third-order valence-corrected chi connectivity index (χ3v) is 5.72. The second kappa shape index (κ2) is 11.2. The molecule has 0 aliphatic carbocycles. The van der Waals surface area contributed by atoms with Crippen molar-refractivity contribution in [1.29, 1.82) is 0 Å². The molecule has 2 heterocycles. The number of urea groups is 1. The number of terminal acetylenes is 1. The number of unbranched alkanes of at least 4 members (excludes halogenated alkanes) is 1. The van der Waals surface area contributed by atoms with E-state index in [2.05, 4.69) is 21.9 Å². The molecular weight excluding hydrogens is 342 g/mol. The molecule has 0 spiro atoms. The Morgan fingerprint density at radius 3 is 2.96 bits per heavy atom. The maximum atomic E-state index is 11.8. The first-order valence-corrected chi connectivity index (χ1v) is 9.80. The standard InChI is InChI=1S/C17H27N3O4S/c1-2-8-23-10-11-24-9-7-18-15(21)6-4-3-5-14-16-13(12-25-14)19-17(22)20-16/h1,13-14,16H,3-12H2,(H,18,21)(H2,19,20,22)/t13-,14-,16-/m1/s1. The maximum absolute atomic E-state index is 11.8. The van der Waals surface area contributed by atoms with E-state index in [4.69, 9.17) is 15.9 Å². The van der Waals surface area contributed by atoms with Crippen molar-refractivity contribution in [3.05, 3.63) is 0 Å². The van der Waals surface area contributed by atoms with Crippen LogP contribution >= 0.6 is 11.8 Å². The van der Waals surface area contributed by atoms with Crippen LogP contribution in [0.4, 0.5) is 4.79 Å². The zero-order valence-corrected chi connectivity index (χ0v) is 15.2. The van der Waals surface area contributed by atoms with E-state index in [1.54, 1.807) is 0 Å². The predicted octanol–water partition coefficient (Wildman–Crippen LogP) is 0.495. The molecule has 3 N–H and O–H groups in total. The monoisotopic (exact) mass is 369 g/mol. The SMILES string of the molecule is C#CCOCCOCCNC(=O)CCCC[C@H]1SC[C@H]2NC(=O)N[C@H]21. The van der Waals surface area contributed by atoms with Crippen LogP contribution in [0.15, 0.2) is 0 Å². The Balaban J connectivity index is 1.41. The van der Waals surface area contributed by atoms with Gasteiger partial charge < -0.3 is 25.4 Å². The van der Waals surface area contributed by atoms with Gasteiger partial charge in [-0.3, -0.25) is 4.79 Å². The molecule has 3 amide bonds. The summed E-state index contributed by atoms with van der Waals surface area (Å²) >= 11 is 1.91. The van der Waals surface area contributed by atoms with Crippen molar-refractivity contribution in [2.75, 3.05) is 38.7 Å². The normalized spacial score (nSPS) is 24.3. The highest BCUT2D eigenvalue weighted by atomic mass is 32.2. The quantitative estimate of drug-likeness (QED) is 0.265. The molecule has 0 aromatic rings. The summed E-state index contributed by atoms with van der Waals surface area (Å²) in [7, 11) is 0. The second-order valence-electron chi connectivity index (χ2n) is 6.09. The van der Waals surface area contributed by atoms with Crippen molar-refractivity contribution in [2.24, 2.45) is 0 Å². The average molecular weight is 369 g/mol. The van der Waals surface area contributed by atoms with Crippen LogP contribution in [0.3, 0.4) is 0 Å². The fraction of sp³-hybridized carbons (Fsp3) is 0.765. The second-order valence-corrected chi connectivity index (χ2v) is 7.36. The number of fused-ring (bicyclic) bond motifs is 1. The summed E-state index contributed by atoms with van der Waals surface area (Å²) in [5.41, 5.74) is 0. The fourth-order valence-corrected chi connectivity index (χ4v) is 4.52. The molecule has 7 nitrogen and oxygen atoms in total. The number of rotatable bonds is 12. The first-order valence-electron chi connectivity index (χ1n) is 8.75. The lowest BCUT2D eigenvalue weighted by molar-refractivity contribution is -0.121. The molecule has 140 valence electrons. The van der Waals surface area contributed by atoms with E-state index >= 15 is 0 Å². The van der Waals surface area contributed by atoms with E-state index in [9.17, 15) is 9.59 Å². The van der Waals surface area contributed by atoms with Crippen LogP contribution in [0.5, 0.6) is 0 Å². The number of thioether (sulfide) groups is 1. The Bertz CT molecular complexity index is 483. The lowest BCUT2D eigenvalue weighted by Crippen LogP contribution is -2.36. The van der Waals surface area contributed by atoms with Gasteiger partial charge in [-0.25, -0.2) is 4.79 Å². The fourth-order valence-electron chi connectivity index (χ4n) is 2.98. The molecule has 2 aliphatic rings. The molecule has 0 bridgehead atoms. The van der Waals surface area contributed by atoms with Crippen molar-refractivity contribution in [2.45, 2.75) is 43.0 Å². The third-order valence-electron chi connectivity index (χ3n) is 4.21. The van der Waals surface area contributed by atoms with Crippen molar-refractivity contribution in [3.8, 4) is 12.3 Å². The largest absolute Gasteiger partial charge is 0.377 e. The summed E-state index contributed by atoms with van der Waals surface area (Å²) in [6.45, 7) is 2.22. The molecule has 2 rings (SSSR count). The smallest absolute Gasteiger partial charge is 0.315 e. The minimum Gasteiger partial charge on any atom is -0.377 e. The van der Waals surface area contributed by atoms with Crippen LogP contribution in [-0.4, -0.2) is 68.0 Å². The molecule has 0 saturated carbocycles. The van der Waals surface area contributed by atoms with Gasteiger partial charge in [0.15, 0.2) is 0 Å². The average Bonchev–Trinajstić information content (AvgIpc) is 3.13. The van der Waals surface area contributed by atoms with E-state index in [0.717, 1.165) is 25.0 Å². The summed E-state index contributed by atoms with van der Waals surface area (Å²) < 4.78 is 10.4. The van der Waals surface area contributed by atoms with Crippen molar-refractivity contribution >= 4 is 23.7 Å². The van der Waals surface area contributed by atoms with Crippen LogP contribution in [-0.2, 0) is 14.3 Å². The lowest BCUT2D eigenvalue weighted by Gasteiger charge is -2.16. The van der Waals surface area contributed by atoms with Crippen LogP contribution in [0.2, 0.25) is 0 Å². The molecule has 8 heteroatoms. The number of hydrogen-bond acceptors (Lipinski definition) is 5. The first-order chi connectivity index (χ1) is 12.2. The Labute approximate surface area is 153 Å². The molecule has 0 aromatic heterocycles. The van der Waals surface area contributed by atoms with Gasteiger partial charge in [-0.05, 0) is 12.8 Å². The third kappa shape index (κ3) is 7.14. The molecule has 3 atom stereocenters. The van der Waals surface area contributed by atoms with Crippen molar-refractivity contribution in [3.63, 3.8) is 0 Å². The highest BCUT2D eigenvalue weighted by Crippen LogP contribution is 2.33. The number of carbonyl (C=O) groups excluding carboxylic acids is 2. The van der Waals surface area contributed by atoms with Crippen LogP contribution < -0.4 is 16.0 Å². The van der Waals surface area contributed by atoms with Gasteiger partial charge in [0.2, 0.25) is 5.91 Å². The van der Waals surface area contributed by atoms with E-state index in [-0.39, 0.29) is 24.0 Å². The summed E-state index contributed by atoms with van der Waals surface area (Å²) in [5.74, 6) is 3.41. The van der Waals surface area contributed by atoms with Crippen molar-refractivity contribution < 1.29 is 19.1 Å². The number of nitrogens with one attached hydrogen (secondary N) is 3. The van der Waals surface area contributed by atoms with Gasteiger partial charge in [0.25, 0.3) is 0 Å². The summed E-state index contributed by atoms with van der Waals surface area (Å²) in [4.78, 5) is 23.1. The molecule has 2 aliphatic heterocycles. The molecule has 2 saturated heterocycles. The lowest BCUT2D eigenvalue weighted by atomic mass is 10.0. The molecule has 25 heavy (non-hydrogen) atoms. The maximum Gasteiger partial charge on any atom is 0.315 e. The Morgan fingerprint density at radius 1 is 1.28 bits per heavy atom. The summed E-state index contributed by atoms with van der Waals surface area (Å²) in [6, 6.07) is 0.459. The van der Waals surface area contributed by atoms with Gasteiger partial charge in [0, 0.05) is 24.0 Å². The minimum absolute atomic E-state index is 0.0514. The van der Waals surface area contributed by atoms with Crippen LogP contribution in [0.1, 0.15) is 25.7 Å². The summed E-state index contributed by atoms with van der Waals surface area (Å²) in [6.07, 6.45) is 8.47. The van der Waals surface area contributed by atoms with Gasteiger partial charge in [-0.2, -0.15) is 11.8 Å². The number of hydrogen-bond donors (Lipinski definition) is 3. The van der Waals surface area contributed by atoms with Gasteiger partial charge in [0.05, 0.1) is 31.9 Å². The minimum atomic E-state index is -0.0514. The molecule has 2 fully saturated rings. The Hall–Kier alpha value is -1.43. The van der Waals surface area contributed by atoms with E-state index < -0.39 is 0 Å². The number of ether oxygens (including phenoxy) is 2. The zero-order valence-electron chi connectivity index (χ0n) is 14.4. The van der Waals surface area contributed by atoms with Gasteiger partial charge in [-0.1, -0.05) is 12.3 Å². The van der Waals surface area contributed by atoms with Crippen molar-refractivity contribution in [1.82, 2.24) is 16.0 Å². The summed E-state index contributed by atoms with van der Waals surface area (Å²) in [5, 5.41) is 9.23. The number of carbonyl (C=O) groups is 2. The van der Waals surface area contributed by atoms with Gasteiger partial charge in [-0.15, -0.1) is 6.42 Å². The molecule has 0 unspecified atom stereocenters. The van der Waals surface area contributed by atoms with E-state index in [1.807, 2.05) is 11.8 Å². The van der Waals surface area contributed by atoms with Crippen LogP contribution in [0, 0.1) is 12.3 Å². The van der Waals surface area contributed by atoms with Gasteiger partial charge >= 0.3 is 6.03 Å². The van der Waals surface area contributed by atoms with Gasteiger partial charge in [0.1, 0.15) is 6.61 Å². The Kier molecular flexibility index (Phi) is 8.94.